The lowest BCUT2D eigenvalue weighted by Gasteiger charge is -2.02. The molecule has 0 bridgehead atoms. The number of halogens is 2. The number of rotatable bonds is 2. The van der Waals surface area contributed by atoms with E-state index in [-0.39, 0.29) is 10.9 Å². The Bertz CT molecular complexity index is 1140. The van der Waals surface area contributed by atoms with Gasteiger partial charge in [-0.25, -0.2) is 9.38 Å². The molecule has 1 amide bonds. The number of nitrogens with one attached hydrogen (secondary N) is 1. The van der Waals surface area contributed by atoms with Gasteiger partial charge < -0.3 is 5.32 Å². The number of hydrogen-bond donors (Lipinski definition) is 1. The lowest BCUT2D eigenvalue weighted by atomic mass is 10.1. The summed E-state index contributed by atoms with van der Waals surface area (Å²) >= 11 is 7.26. The van der Waals surface area contributed by atoms with Crippen molar-refractivity contribution in [2.75, 3.05) is 0 Å². The molecule has 134 valence electrons. The number of benzene rings is 2. The van der Waals surface area contributed by atoms with Gasteiger partial charge in [0.2, 0.25) is 0 Å². The minimum atomic E-state index is -0.390. The van der Waals surface area contributed by atoms with Crippen molar-refractivity contribution in [3.63, 3.8) is 0 Å². The average Bonchev–Trinajstić information content (AvgIpc) is 2.98. The maximum absolute atomic E-state index is 13.5. The van der Waals surface area contributed by atoms with Crippen LogP contribution in [0.25, 0.3) is 17.0 Å². The first-order chi connectivity index (χ1) is 13.0. The van der Waals surface area contributed by atoms with Crippen molar-refractivity contribution in [2.24, 2.45) is 4.99 Å². The largest absolute Gasteiger partial charge is 0.300 e. The molecule has 7 heteroatoms. The Morgan fingerprint density at radius 2 is 2.11 bits per heavy atom. The number of fused-ring (bicyclic) bond motifs is 1. The second-order valence-corrected chi connectivity index (χ2v) is 7.43. The monoisotopic (exact) mass is 397 g/mol. The minimum absolute atomic E-state index is 0.194. The summed E-state index contributed by atoms with van der Waals surface area (Å²) in [5.74, 6) is -0.626. The van der Waals surface area contributed by atoms with Crippen molar-refractivity contribution in [3.8, 4) is 0 Å². The average molecular weight is 398 g/mol. The number of nitrogens with zero attached hydrogens (tertiary/aromatic N) is 2. The van der Waals surface area contributed by atoms with Gasteiger partial charge in [0.15, 0.2) is 5.17 Å². The topological polar surface area (TPSA) is 54.4 Å². The van der Waals surface area contributed by atoms with E-state index < -0.39 is 5.82 Å². The molecule has 1 N–H and O–H groups in total. The highest BCUT2D eigenvalue weighted by Crippen LogP contribution is 2.32. The highest BCUT2D eigenvalue weighted by Gasteiger charge is 2.24. The maximum atomic E-state index is 13.5. The Labute approximate surface area is 164 Å². The molecule has 0 atom stereocenters. The third-order valence-electron chi connectivity index (χ3n) is 4.03. The van der Waals surface area contributed by atoms with Crippen LogP contribution in [0.15, 0.2) is 58.6 Å². The number of aromatic nitrogens is 1. The van der Waals surface area contributed by atoms with E-state index in [1.54, 1.807) is 25.3 Å². The summed E-state index contributed by atoms with van der Waals surface area (Å²) in [6.45, 7) is 1.63. The van der Waals surface area contributed by atoms with Crippen LogP contribution in [-0.4, -0.2) is 16.1 Å². The first-order valence-electron chi connectivity index (χ1n) is 8.09. The van der Waals surface area contributed by atoms with Gasteiger partial charge in [0.05, 0.1) is 21.1 Å². The van der Waals surface area contributed by atoms with E-state index >= 15 is 0 Å². The van der Waals surface area contributed by atoms with Gasteiger partial charge in [0, 0.05) is 11.6 Å². The van der Waals surface area contributed by atoms with Gasteiger partial charge >= 0.3 is 0 Å². The second kappa shape index (κ2) is 7.13. The van der Waals surface area contributed by atoms with Crippen LogP contribution in [0.2, 0.25) is 5.02 Å². The number of carbonyl (C=O) groups excluding carboxylic acids is 1. The highest BCUT2D eigenvalue weighted by molar-refractivity contribution is 8.18. The van der Waals surface area contributed by atoms with E-state index in [1.807, 2.05) is 30.3 Å². The maximum Gasteiger partial charge on any atom is 0.264 e. The van der Waals surface area contributed by atoms with Crippen LogP contribution in [0.1, 0.15) is 11.1 Å². The normalized spacial score (nSPS) is 17.1. The fourth-order valence-electron chi connectivity index (χ4n) is 2.65. The van der Waals surface area contributed by atoms with Crippen LogP contribution in [0, 0.1) is 12.7 Å². The smallest absolute Gasteiger partial charge is 0.264 e. The molecule has 1 aromatic heterocycles. The number of aryl methyl sites for hydroxylation is 1. The fourth-order valence-corrected chi connectivity index (χ4v) is 3.68. The Morgan fingerprint density at radius 3 is 2.96 bits per heavy atom. The molecule has 0 radical (unpaired) electrons. The van der Waals surface area contributed by atoms with Gasteiger partial charge in [-0.05, 0) is 66.2 Å². The number of aliphatic imine (C=N–C) groups is 1. The summed E-state index contributed by atoms with van der Waals surface area (Å²) in [7, 11) is 0. The molecule has 1 aliphatic rings. The molecular weight excluding hydrogens is 385 g/mol. The summed E-state index contributed by atoms with van der Waals surface area (Å²) < 4.78 is 13.5. The molecule has 2 heterocycles. The van der Waals surface area contributed by atoms with E-state index in [2.05, 4.69) is 15.3 Å². The highest BCUT2D eigenvalue weighted by atomic mass is 35.5. The number of amidine groups is 1. The molecule has 0 spiro atoms. The van der Waals surface area contributed by atoms with Crippen LogP contribution in [-0.2, 0) is 4.79 Å². The third-order valence-corrected chi connectivity index (χ3v) is 5.24. The predicted octanol–water partition coefficient (Wildman–Crippen LogP) is 5.23. The van der Waals surface area contributed by atoms with Crippen molar-refractivity contribution in [1.82, 2.24) is 10.3 Å². The van der Waals surface area contributed by atoms with Gasteiger partial charge in [0.1, 0.15) is 5.82 Å². The van der Waals surface area contributed by atoms with Crippen LogP contribution in [0.3, 0.4) is 0 Å². The van der Waals surface area contributed by atoms with E-state index in [4.69, 9.17) is 11.6 Å². The minimum Gasteiger partial charge on any atom is -0.300 e. The number of carbonyl (C=O) groups is 1. The molecule has 1 aliphatic heterocycles. The van der Waals surface area contributed by atoms with Crippen molar-refractivity contribution in [3.05, 3.63) is 75.5 Å². The zero-order chi connectivity index (χ0) is 19.0. The lowest BCUT2D eigenvalue weighted by molar-refractivity contribution is -0.115. The molecule has 0 saturated carbocycles. The Balaban J connectivity index is 1.63. The summed E-state index contributed by atoms with van der Waals surface area (Å²) in [6.07, 6.45) is 3.54. The molecule has 2 aromatic carbocycles. The molecule has 1 saturated heterocycles. The molecular formula is C20H13ClFN3OS. The molecule has 1 fully saturated rings. The SMILES string of the molecule is Cc1cc(N=C2NC(=O)C(=Cc3ccc4ncccc4c3)S2)c(Cl)cc1F. The summed E-state index contributed by atoms with van der Waals surface area (Å²) in [5.41, 5.74) is 2.64. The number of hydrogen-bond acceptors (Lipinski definition) is 4. The molecule has 4 nitrogen and oxygen atoms in total. The van der Waals surface area contributed by atoms with Crippen LogP contribution < -0.4 is 5.32 Å². The summed E-state index contributed by atoms with van der Waals surface area (Å²) in [6, 6.07) is 12.4. The van der Waals surface area contributed by atoms with Crippen molar-refractivity contribution < 1.29 is 9.18 Å². The molecule has 0 aliphatic carbocycles. The summed E-state index contributed by atoms with van der Waals surface area (Å²) in [4.78, 5) is 21.4. The number of amides is 1. The van der Waals surface area contributed by atoms with Gasteiger partial charge in [-0.3, -0.25) is 9.78 Å². The number of thioether (sulfide) groups is 1. The second-order valence-electron chi connectivity index (χ2n) is 5.99. The molecule has 3 aromatic rings. The fraction of sp³-hybridized carbons (Fsp3) is 0.0500. The molecule has 0 unspecified atom stereocenters. The lowest BCUT2D eigenvalue weighted by Crippen LogP contribution is -2.19. The van der Waals surface area contributed by atoms with Crippen molar-refractivity contribution in [2.45, 2.75) is 6.92 Å². The first kappa shape index (κ1) is 17.7. The first-order valence-corrected chi connectivity index (χ1v) is 9.29. The Hall–Kier alpha value is -2.70. The van der Waals surface area contributed by atoms with Gasteiger partial charge in [-0.1, -0.05) is 23.7 Å². The van der Waals surface area contributed by atoms with Gasteiger partial charge in [-0.2, -0.15) is 0 Å². The van der Waals surface area contributed by atoms with Gasteiger partial charge in [0.25, 0.3) is 5.91 Å². The van der Waals surface area contributed by atoms with Crippen molar-refractivity contribution in [1.29, 1.82) is 0 Å². The standard InChI is InChI=1S/C20H13ClFN3OS/c1-11-7-17(14(21)10-15(11)22)24-20-25-19(26)18(27-20)9-12-4-5-16-13(8-12)3-2-6-23-16/h2-10H,1H3,(H,24,25,26). The van der Waals surface area contributed by atoms with E-state index in [9.17, 15) is 9.18 Å². The quantitative estimate of drug-likeness (QED) is 0.602. The number of pyridine rings is 1. The zero-order valence-corrected chi connectivity index (χ0v) is 15.7. The van der Waals surface area contributed by atoms with E-state index in [0.29, 0.717) is 21.3 Å². The van der Waals surface area contributed by atoms with E-state index in [1.165, 1.54) is 17.8 Å². The van der Waals surface area contributed by atoms with Crippen LogP contribution in [0.4, 0.5) is 10.1 Å². The van der Waals surface area contributed by atoms with Crippen molar-refractivity contribution >= 4 is 57.1 Å². The molecule has 27 heavy (non-hydrogen) atoms. The van der Waals surface area contributed by atoms with Crippen LogP contribution >= 0.6 is 23.4 Å². The predicted molar refractivity (Wildman–Crippen MR) is 109 cm³/mol. The zero-order valence-electron chi connectivity index (χ0n) is 14.2. The summed E-state index contributed by atoms with van der Waals surface area (Å²) in [5, 5.41) is 4.31. The van der Waals surface area contributed by atoms with Gasteiger partial charge in [-0.15, -0.1) is 0 Å². The molecule has 4 rings (SSSR count). The van der Waals surface area contributed by atoms with Crippen LogP contribution in [0.5, 0.6) is 0 Å². The Morgan fingerprint density at radius 1 is 1.26 bits per heavy atom. The third kappa shape index (κ3) is 3.72. The Kier molecular flexibility index (Phi) is 4.68. The van der Waals surface area contributed by atoms with E-state index in [0.717, 1.165) is 16.5 Å².